The van der Waals surface area contributed by atoms with E-state index in [0.29, 0.717) is 0 Å². The summed E-state index contributed by atoms with van der Waals surface area (Å²) in [5.41, 5.74) is 1.90. The summed E-state index contributed by atoms with van der Waals surface area (Å²) in [5.74, 6) is -0.132. The van der Waals surface area contributed by atoms with Crippen molar-refractivity contribution in [2.75, 3.05) is 5.32 Å². The van der Waals surface area contributed by atoms with Crippen molar-refractivity contribution < 1.29 is 4.79 Å². The first-order valence-electron chi connectivity index (χ1n) is 5.79. The van der Waals surface area contributed by atoms with Crippen LogP contribution in [0.3, 0.4) is 0 Å². The Hall–Kier alpha value is -1.36. The highest BCUT2D eigenvalue weighted by molar-refractivity contribution is 14.1. The van der Waals surface area contributed by atoms with Gasteiger partial charge in [-0.15, -0.1) is 0 Å². The third-order valence-electron chi connectivity index (χ3n) is 2.82. The summed E-state index contributed by atoms with van der Waals surface area (Å²) >= 11 is 2.22. The molecule has 0 radical (unpaired) electrons. The zero-order valence-electron chi connectivity index (χ0n) is 10.1. The molecule has 1 atom stereocenters. The Kier molecular flexibility index (Phi) is 4.36. The fourth-order valence-electron chi connectivity index (χ4n) is 1.70. The average Bonchev–Trinajstić information content (AvgIpc) is 2.41. The number of anilines is 1. The second-order valence-electron chi connectivity index (χ2n) is 4.10. The van der Waals surface area contributed by atoms with Crippen molar-refractivity contribution in [3.8, 4) is 0 Å². The van der Waals surface area contributed by atoms with Crippen LogP contribution in [0, 0.1) is 3.57 Å². The highest BCUT2D eigenvalue weighted by atomic mass is 127. The van der Waals surface area contributed by atoms with E-state index in [1.165, 1.54) is 0 Å². The number of carbonyl (C=O) groups is 1. The third-order valence-corrected chi connectivity index (χ3v) is 3.77. The first-order chi connectivity index (χ1) is 8.68. The van der Waals surface area contributed by atoms with E-state index in [1.807, 2.05) is 61.5 Å². The number of hydrogen-bond acceptors (Lipinski definition) is 1. The van der Waals surface area contributed by atoms with Gasteiger partial charge in [0.25, 0.3) is 0 Å². The predicted octanol–water partition coefficient (Wildman–Crippen LogP) is 4.03. The number of nitrogens with one attached hydrogen (secondary N) is 1. The predicted molar refractivity (Wildman–Crippen MR) is 82.6 cm³/mol. The van der Waals surface area contributed by atoms with Crippen molar-refractivity contribution in [2.45, 2.75) is 12.8 Å². The molecule has 2 aromatic rings. The molecule has 3 heteroatoms. The molecule has 0 aromatic heterocycles. The van der Waals surface area contributed by atoms with E-state index in [-0.39, 0.29) is 11.8 Å². The molecule has 0 spiro atoms. The maximum atomic E-state index is 12.2. The number of rotatable bonds is 3. The van der Waals surface area contributed by atoms with E-state index in [1.54, 1.807) is 0 Å². The molecule has 0 saturated carbocycles. The molecule has 0 heterocycles. The van der Waals surface area contributed by atoms with Crippen molar-refractivity contribution in [1.82, 2.24) is 0 Å². The van der Waals surface area contributed by atoms with Gasteiger partial charge in [-0.05, 0) is 47.2 Å². The Balaban J connectivity index is 2.12. The highest BCUT2D eigenvalue weighted by Crippen LogP contribution is 2.21. The summed E-state index contributed by atoms with van der Waals surface area (Å²) in [6, 6.07) is 17.6. The first kappa shape index (κ1) is 13.1. The monoisotopic (exact) mass is 351 g/mol. The number of benzene rings is 2. The fourth-order valence-corrected chi connectivity index (χ4v) is 2.22. The summed E-state index contributed by atoms with van der Waals surface area (Å²) < 4.78 is 1.05. The minimum Gasteiger partial charge on any atom is -0.325 e. The standard InChI is InChI=1S/C15H14INO/c1-11(12-7-3-2-4-8-12)15(18)17-14-10-6-5-9-13(14)16/h2-11H,1H3,(H,17,18)/t11-/m1/s1. The summed E-state index contributed by atoms with van der Waals surface area (Å²) in [6.45, 7) is 1.92. The lowest BCUT2D eigenvalue weighted by atomic mass is 10.0. The van der Waals surface area contributed by atoms with E-state index in [4.69, 9.17) is 0 Å². The second kappa shape index (κ2) is 6.00. The summed E-state index contributed by atoms with van der Waals surface area (Å²) in [6.07, 6.45) is 0. The fraction of sp³-hybridized carbons (Fsp3) is 0.133. The molecular formula is C15H14INO. The quantitative estimate of drug-likeness (QED) is 0.831. The first-order valence-corrected chi connectivity index (χ1v) is 6.86. The van der Waals surface area contributed by atoms with Crippen LogP contribution in [0.1, 0.15) is 18.4 Å². The van der Waals surface area contributed by atoms with Crippen molar-refractivity contribution >= 4 is 34.2 Å². The topological polar surface area (TPSA) is 29.1 Å². The summed E-state index contributed by atoms with van der Waals surface area (Å²) in [4.78, 5) is 12.2. The Morgan fingerprint density at radius 1 is 1.06 bits per heavy atom. The van der Waals surface area contributed by atoms with Gasteiger partial charge >= 0.3 is 0 Å². The Bertz CT molecular complexity index is 539. The van der Waals surface area contributed by atoms with Crippen LogP contribution in [0.4, 0.5) is 5.69 Å². The van der Waals surface area contributed by atoms with Crippen LogP contribution in [-0.2, 0) is 4.79 Å². The molecule has 0 fully saturated rings. The Morgan fingerprint density at radius 3 is 2.33 bits per heavy atom. The van der Waals surface area contributed by atoms with Gasteiger partial charge < -0.3 is 5.32 Å². The molecule has 0 unspecified atom stereocenters. The number of amides is 1. The van der Waals surface area contributed by atoms with Crippen LogP contribution >= 0.6 is 22.6 Å². The van der Waals surface area contributed by atoms with Crippen LogP contribution in [-0.4, -0.2) is 5.91 Å². The van der Waals surface area contributed by atoms with Gasteiger partial charge in [0.05, 0.1) is 11.6 Å². The van der Waals surface area contributed by atoms with Crippen LogP contribution in [0.5, 0.6) is 0 Å². The van der Waals surface area contributed by atoms with Crippen LogP contribution < -0.4 is 5.32 Å². The summed E-state index contributed by atoms with van der Waals surface area (Å²) in [7, 11) is 0. The van der Waals surface area contributed by atoms with Gasteiger partial charge in [0.15, 0.2) is 0 Å². The molecule has 0 bridgehead atoms. The number of hydrogen-bond donors (Lipinski definition) is 1. The molecule has 0 aliphatic carbocycles. The van der Waals surface area contributed by atoms with E-state index in [9.17, 15) is 4.79 Å². The molecule has 2 rings (SSSR count). The molecule has 92 valence electrons. The van der Waals surface area contributed by atoms with Gasteiger partial charge in [-0.25, -0.2) is 0 Å². The number of para-hydroxylation sites is 1. The summed E-state index contributed by atoms with van der Waals surface area (Å²) in [5, 5.41) is 2.96. The van der Waals surface area contributed by atoms with E-state index in [0.717, 1.165) is 14.8 Å². The van der Waals surface area contributed by atoms with Gasteiger partial charge in [0.2, 0.25) is 5.91 Å². The lowest BCUT2D eigenvalue weighted by Gasteiger charge is -2.13. The number of halogens is 1. The normalized spacial score (nSPS) is 11.9. The van der Waals surface area contributed by atoms with E-state index >= 15 is 0 Å². The zero-order valence-corrected chi connectivity index (χ0v) is 12.2. The molecule has 0 aliphatic heterocycles. The van der Waals surface area contributed by atoms with E-state index < -0.39 is 0 Å². The van der Waals surface area contributed by atoms with Crippen LogP contribution in [0.25, 0.3) is 0 Å². The number of carbonyl (C=O) groups excluding carboxylic acids is 1. The second-order valence-corrected chi connectivity index (χ2v) is 5.26. The van der Waals surface area contributed by atoms with Crippen molar-refractivity contribution in [1.29, 1.82) is 0 Å². The van der Waals surface area contributed by atoms with Crippen molar-refractivity contribution in [3.05, 3.63) is 63.7 Å². The molecule has 1 amide bonds. The Morgan fingerprint density at radius 2 is 1.67 bits per heavy atom. The van der Waals surface area contributed by atoms with Gasteiger partial charge in [0, 0.05) is 3.57 Å². The molecule has 0 saturated heterocycles. The molecule has 0 aliphatic rings. The van der Waals surface area contributed by atoms with Gasteiger partial charge in [0.1, 0.15) is 0 Å². The van der Waals surface area contributed by atoms with Crippen molar-refractivity contribution in [2.24, 2.45) is 0 Å². The molecule has 2 aromatic carbocycles. The Labute approximate surface area is 121 Å². The minimum absolute atomic E-state index is 0.0188. The molecular weight excluding hydrogens is 337 g/mol. The van der Waals surface area contributed by atoms with Crippen molar-refractivity contribution in [3.63, 3.8) is 0 Å². The van der Waals surface area contributed by atoms with Gasteiger partial charge in [-0.3, -0.25) is 4.79 Å². The van der Waals surface area contributed by atoms with Gasteiger partial charge in [-0.2, -0.15) is 0 Å². The maximum absolute atomic E-state index is 12.2. The van der Waals surface area contributed by atoms with Crippen LogP contribution in [0.2, 0.25) is 0 Å². The van der Waals surface area contributed by atoms with E-state index in [2.05, 4.69) is 27.9 Å². The average molecular weight is 351 g/mol. The maximum Gasteiger partial charge on any atom is 0.231 e. The minimum atomic E-state index is -0.151. The molecule has 1 N–H and O–H groups in total. The van der Waals surface area contributed by atoms with Gasteiger partial charge in [-0.1, -0.05) is 42.5 Å². The lowest BCUT2D eigenvalue weighted by Crippen LogP contribution is -2.19. The molecule has 2 nitrogen and oxygen atoms in total. The van der Waals surface area contributed by atoms with Crippen LogP contribution in [0.15, 0.2) is 54.6 Å². The highest BCUT2D eigenvalue weighted by Gasteiger charge is 2.15. The third kappa shape index (κ3) is 3.10. The largest absolute Gasteiger partial charge is 0.325 e. The lowest BCUT2D eigenvalue weighted by molar-refractivity contribution is -0.117. The molecule has 18 heavy (non-hydrogen) atoms. The smallest absolute Gasteiger partial charge is 0.231 e. The SMILES string of the molecule is C[C@@H](C(=O)Nc1ccccc1I)c1ccccc1. The zero-order chi connectivity index (χ0) is 13.0.